The first-order valence-corrected chi connectivity index (χ1v) is 6.26. The minimum atomic E-state index is 0.158. The second-order valence-corrected chi connectivity index (χ2v) is 4.83. The van der Waals surface area contributed by atoms with Crippen molar-refractivity contribution in [2.45, 2.75) is 12.8 Å². The molecule has 0 radical (unpaired) electrons. The second kappa shape index (κ2) is 4.12. The minimum absolute atomic E-state index is 0.158. The van der Waals surface area contributed by atoms with Crippen molar-refractivity contribution in [2.75, 3.05) is 17.7 Å². The maximum Gasteiger partial charge on any atom is 0.227 e. The van der Waals surface area contributed by atoms with Gasteiger partial charge < -0.3 is 10.6 Å². The van der Waals surface area contributed by atoms with Crippen LogP contribution in [0.2, 0.25) is 0 Å². The van der Waals surface area contributed by atoms with Gasteiger partial charge in [-0.1, -0.05) is 12.1 Å². The number of fused-ring (bicyclic) bond motifs is 1. The summed E-state index contributed by atoms with van der Waals surface area (Å²) >= 11 is 0. The Hall–Kier alpha value is -2.30. The van der Waals surface area contributed by atoms with Crippen LogP contribution in [0.15, 0.2) is 24.3 Å². The topological polar surface area (TPSA) is 64.2 Å². The molecule has 19 heavy (non-hydrogen) atoms. The Labute approximate surface area is 111 Å². The molecule has 5 nitrogen and oxygen atoms in total. The Morgan fingerprint density at radius 3 is 2.74 bits per heavy atom. The highest BCUT2D eigenvalue weighted by Gasteiger charge is 2.23. The van der Waals surface area contributed by atoms with Crippen molar-refractivity contribution < 1.29 is 4.79 Å². The quantitative estimate of drug-likeness (QED) is 0.842. The number of aryl methyl sites for hydroxylation is 1. The van der Waals surface area contributed by atoms with Crippen molar-refractivity contribution in [3.63, 3.8) is 0 Å². The molecule has 1 aliphatic heterocycles. The lowest BCUT2D eigenvalue weighted by molar-refractivity contribution is -0.118. The predicted molar refractivity (Wildman–Crippen MR) is 74.8 cm³/mol. The van der Waals surface area contributed by atoms with Gasteiger partial charge in [-0.15, -0.1) is 0 Å². The predicted octanol–water partition coefficient (Wildman–Crippen LogP) is 1.58. The monoisotopic (exact) mass is 256 g/mol. The molecule has 0 unspecified atom stereocenters. The number of aromatic nitrogens is 2. The number of benzene rings is 1. The lowest BCUT2D eigenvalue weighted by Gasteiger charge is -2.27. The van der Waals surface area contributed by atoms with Gasteiger partial charge in [0.2, 0.25) is 5.91 Å². The number of nitrogens with zero attached hydrogens (tertiary/aromatic N) is 3. The Morgan fingerprint density at radius 2 is 2.05 bits per heavy atom. The summed E-state index contributed by atoms with van der Waals surface area (Å²) in [4.78, 5) is 13.5. The fraction of sp³-hybridized carbons (Fsp3) is 0.286. The molecule has 2 heterocycles. The molecule has 0 atom stereocenters. The van der Waals surface area contributed by atoms with E-state index in [0.717, 1.165) is 23.4 Å². The third kappa shape index (κ3) is 1.78. The number of nitrogens with two attached hydrogens (primary N) is 1. The van der Waals surface area contributed by atoms with Crippen molar-refractivity contribution in [3.8, 4) is 11.3 Å². The third-order valence-corrected chi connectivity index (χ3v) is 3.67. The zero-order chi connectivity index (χ0) is 13.6. The number of hydrogen-bond donors (Lipinski definition) is 1. The SMILES string of the molecule is CN1C(=O)CCc2c(-c3cc(N)n(C)n3)cccc21. The highest BCUT2D eigenvalue weighted by atomic mass is 16.2. The van der Waals surface area contributed by atoms with E-state index in [1.165, 1.54) is 5.56 Å². The fourth-order valence-electron chi connectivity index (χ4n) is 2.54. The van der Waals surface area contributed by atoms with Gasteiger partial charge in [0.25, 0.3) is 0 Å². The Morgan fingerprint density at radius 1 is 1.26 bits per heavy atom. The van der Waals surface area contributed by atoms with Crippen LogP contribution in [0.4, 0.5) is 11.5 Å². The summed E-state index contributed by atoms with van der Waals surface area (Å²) in [6, 6.07) is 7.83. The molecule has 3 rings (SSSR count). The van der Waals surface area contributed by atoms with E-state index in [-0.39, 0.29) is 5.91 Å². The minimum Gasteiger partial charge on any atom is -0.384 e. The van der Waals surface area contributed by atoms with Crippen molar-refractivity contribution in [1.29, 1.82) is 0 Å². The molecule has 2 aromatic rings. The Balaban J connectivity index is 2.16. The summed E-state index contributed by atoms with van der Waals surface area (Å²) in [5, 5.41) is 4.42. The van der Waals surface area contributed by atoms with Crippen LogP contribution in [0.3, 0.4) is 0 Å². The summed E-state index contributed by atoms with van der Waals surface area (Å²) < 4.78 is 1.66. The molecule has 1 amide bonds. The van der Waals surface area contributed by atoms with Gasteiger partial charge >= 0.3 is 0 Å². The van der Waals surface area contributed by atoms with E-state index in [0.29, 0.717) is 12.2 Å². The summed E-state index contributed by atoms with van der Waals surface area (Å²) in [6.07, 6.45) is 1.30. The van der Waals surface area contributed by atoms with E-state index in [4.69, 9.17) is 5.73 Å². The van der Waals surface area contributed by atoms with Gasteiger partial charge in [0.15, 0.2) is 0 Å². The van der Waals surface area contributed by atoms with Crippen molar-refractivity contribution >= 4 is 17.4 Å². The van der Waals surface area contributed by atoms with Crippen LogP contribution in [0.5, 0.6) is 0 Å². The molecular weight excluding hydrogens is 240 g/mol. The van der Waals surface area contributed by atoms with Crippen LogP contribution in [-0.2, 0) is 18.3 Å². The average molecular weight is 256 g/mol. The van der Waals surface area contributed by atoms with E-state index in [1.54, 1.807) is 9.58 Å². The summed E-state index contributed by atoms with van der Waals surface area (Å²) in [7, 11) is 3.64. The highest BCUT2D eigenvalue weighted by Crippen LogP contribution is 2.34. The smallest absolute Gasteiger partial charge is 0.227 e. The molecule has 0 bridgehead atoms. The lowest BCUT2D eigenvalue weighted by atomic mass is 9.94. The van der Waals surface area contributed by atoms with E-state index in [2.05, 4.69) is 5.10 Å². The van der Waals surface area contributed by atoms with Gasteiger partial charge in [-0.25, -0.2) is 0 Å². The lowest BCUT2D eigenvalue weighted by Crippen LogP contribution is -2.31. The number of carbonyl (C=O) groups excluding carboxylic acids is 1. The van der Waals surface area contributed by atoms with E-state index >= 15 is 0 Å². The standard InChI is InChI=1S/C14H16N4O/c1-17-12-5-3-4-9(10(12)6-7-14(17)19)11-8-13(15)18(2)16-11/h3-5,8H,6-7,15H2,1-2H3. The Bertz CT molecular complexity index is 640. The molecule has 0 aliphatic carbocycles. The first-order chi connectivity index (χ1) is 9.08. The van der Waals surface area contributed by atoms with Crippen LogP contribution in [0, 0.1) is 0 Å². The molecule has 1 aromatic carbocycles. The average Bonchev–Trinajstić information content (AvgIpc) is 2.73. The van der Waals surface area contributed by atoms with Gasteiger partial charge in [0, 0.05) is 37.8 Å². The first kappa shape index (κ1) is 11.8. The number of anilines is 2. The number of carbonyl (C=O) groups is 1. The third-order valence-electron chi connectivity index (χ3n) is 3.67. The van der Waals surface area contributed by atoms with Crippen LogP contribution in [0.1, 0.15) is 12.0 Å². The maximum absolute atomic E-state index is 11.7. The molecular formula is C14H16N4O. The number of amides is 1. The summed E-state index contributed by atoms with van der Waals surface area (Å²) in [6.45, 7) is 0. The first-order valence-electron chi connectivity index (χ1n) is 6.26. The van der Waals surface area contributed by atoms with Gasteiger partial charge in [-0.2, -0.15) is 5.10 Å². The summed E-state index contributed by atoms with van der Waals surface area (Å²) in [5.74, 6) is 0.790. The maximum atomic E-state index is 11.7. The van der Waals surface area contributed by atoms with Crippen LogP contribution in [0.25, 0.3) is 11.3 Å². The second-order valence-electron chi connectivity index (χ2n) is 4.83. The van der Waals surface area contributed by atoms with Crippen LogP contribution in [-0.4, -0.2) is 22.7 Å². The molecule has 0 saturated heterocycles. The number of rotatable bonds is 1. The summed E-state index contributed by atoms with van der Waals surface area (Å²) in [5.41, 5.74) is 9.90. The normalized spacial score (nSPS) is 14.6. The van der Waals surface area contributed by atoms with Crippen molar-refractivity contribution in [2.24, 2.45) is 7.05 Å². The zero-order valence-corrected chi connectivity index (χ0v) is 11.1. The Kier molecular flexibility index (Phi) is 2.55. The number of hydrogen-bond acceptors (Lipinski definition) is 3. The van der Waals surface area contributed by atoms with E-state index < -0.39 is 0 Å². The zero-order valence-electron chi connectivity index (χ0n) is 11.1. The van der Waals surface area contributed by atoms with Gasteiger partial charge in [-0.05, 0) is 18.1 Å². The molecule has 1 aromatic heterocycles. The van der Waals surface area contributed by atoms with Gasteiger partial charge in [0.05, 0.1) is 5.69 Å². The molecule has 0 fully saturated rings. The van der Waals surface area contributed by atoms with Crippen molar-refractivity contribution in [3.05, 3.63) is 29.8 Å². The van der Waals surface area contributed by atoms with Gasteiger partial charge in [-0.3, -0.25) is 9.48 Å². The van der Waals surface area contributed by atoms with Crippen LogP contribution >= 0.6 is 0 Å². The van der Waals surface area contributed by atoms with Gasteiger partial charge in [0.1, 0.15) is 5.82 Å². The molecule has 0 spiro atoms. The number of nitrogen functional groups attached to an aromatic ring is 1. The van der Waals surface area contributed by atoms with Crippen LogP contribution < -0.4 is 10.6 Å². The largest absolute Gasteiger partial charge is 0.384 e. The molecule has 0 saturated carbocycles. The fourth-order valence-corrected chi connectivity index (χ4v) is 2.54. The van der Waals surface area contributed by atoms with E-state index in [1.807, 2.05) is 38.4 Å². The van der Waals surface area contributed by atoms with E-state index in [9.17, 15) is 4.79 Å². The molecule has 98 valence electrons. The molecule has 1 aliphatic rings. The van der Waals surface area contributed by atoms with Crippen molar-refractivity contribution in [1.82, 2.24) is 9.78 Å². The molecule has 2 N–H and O–H groups in total. The molecule has 5 heteroatoms. The highest BCUT2D eigenvalue weighted by molar-refractivity contribution is 5.97.